The van der Waals surface area contributed by atoms with Gasteiger partial charge in [0.15, 0.2) is 0 Å². The molecule has 0 aliphatic heterocycles. The Bertz CT molecular complexity index is 322. The quantitative estimate of drug-likeness (QED) is 0.855. The van der Waals surface area contributed by atoms with Crippen LogP contribution in [0.15, 0.2) is 24.3 Å². The molecule has 3 nitrogen and oxygen atoms in total. The molecule has 0 unspecified atom stereocenters. The molecule has 4 heteroatoms. The van der Waals surface area contributed by atoms with Crippen LogP contribution in [0.5, 0.6) is 0 Å². The van der Waals surface area contributed by atoms with Gasteiger partial charge in [-0.3, -0.25) is 5.32 Å². The predicted octanol–water partition coefficient (Wildman–Crippen LogP) is 3.54. The Morgan fingerprint density at radius 2 is 2.00 bits per heavy atom. The smallest absolute Gasteiger partial charge is 0.411 e. The van der Waals surface area contributed by atoms with Crippen LogP contribution < -0.4 is 5.32 Å². The van der Waals surface area contributed by atoms with Gasteiger partial charge < -0.3 is 4.74 Å². The van der Waals surface area contributed by atoms with Crippen LogP contribution in [0.2, 0.25) is 0 Å². The number of alkyl halides is 1. The lowest BCUT2D eigenvalue weighted by molar-refractivity contribution is 0.130. The van der Waals surface area contributed by atoms with E-state index in [9.17, 15) is 4.79 Å². The van der Waals surface area contributed by atoms with Crippen LogP contribution in [0.4, 0.5) is 10.5 Å². The molecule has 1 N–H and O–H groups in total. The molecule has 82 valence electrons. The number of anilines is 1. The third kappa shape index (κ3) is 4.34. The maximum atomic E-state index is 11.2. The Kier molecular flexibility index (Phi) is 4.62. The van der Waals surface area contributed by atoms with Gasteiger partial charge in [0, 0.05) is 11.0 Å². The van der Waals surface area contributed by atoms with Crippen LogP contribution in [0, 0.1) is 0 Å². The van der Waals surface area contributed by atoms with E-state index in [-0.39, 0.29) is 6.10 Å². The fourth-order valence-electron chi connectivity index (χ4n) is 1.04. The lowest BCUT2D eigenvalue weighted by atomic mass is 10.2. The van der Waals surface area contributed by atoms with Gasteiger partial charge in [-0.2, -0.15) is 0 Å². The lowest BCUT2D eigenvalue weighted by Gasteiger charge is -2.09. The zero-order valence-corrected chi connectivity index (χ0v) is 10.4. The summed E-state index contributed by atoms with van der Waals surface area (Å²) >= 11 is 3.35. The first-order valence-corrected chi connectivity index (χ1v) is 5.86. The van der Waals surface area contributed by atoms with Crippen molar-refractivity contribution in [2.24, 2.45) is 0 Å². The molecule has 1 rings (SSSR count). The van der Waals surface area contributed by atoms with Crippen LogP contribution in [0.25, 0.3) is 0 Å². The van der Waals surface area contributed by atoms with Gasteiger partial charge in [-0.05, 0) is 31.5 Å². The van der Waals surface area contributed by atoms with E-state index in [1.807, 2.05) is 38.1 Å². The second kappa shape index (κ2) is 5.75. The molecule has 0 atom stereocenters. The van der Waals surface area contributed by atoms with Crippen molar-refractivity contribution in [3.05, 3.63) is 29.8 Å². The van der Waals surface area contributed by atoms with Crippen LogP contribution >= 0.6 is 15.9 Å². The highest BCUT2D eigenvalue weighted by Gasteiger charge is 2.04. The number of nitrogens with one attached hydrogen (secondary N) is 1. The minimum atomic E-state index is -0.420. The average molecular weight is 272 g/mol. The SMILES string of the molecule is CC(C)OC(=O)Nc1ccc(CBr)cc1. The minimum absolute atomic E-state index is 0.105. The number of hydrogen-bond donors (Lipinski definition) is 1. The van der Waals surface area contributed by atoms with Gasteiger partial charge in [0.05, 0.1) is 6.10 Å². The monoisotopic (exact) mass is 271 g/mol. The normalized spacial score (nSPS) is 10.1. The zero-order valence-electron chi connectivity index (χ0n) is 8.79. The molecule has 0 fully saturated rings. The Morgan fingerprint density at radius 3 is 2.47 bits per heavy atom. The van der Waals surface area contributed by atoms with Crippen molar-refractivity contribution in [2.75, 3.05) is 5.32 Å². The third-order valence-corrected chi connectivity index (χ3v) is 2.34. The van der Waals surface area contributed by atoms with Crippen molar-refractivity contribution >= 4 is 27.7 Å². The fourth-order valence-corrected chi connectivity index (χ4v) is 1.41. The van der Waals surface area contributed by atoms with E-state index in [0.29, 0.717) is 0 Å². The fraction of sp³-hybridized carbons (Fsp3) is 0.364. The third-order valence-electron chi connectivity index (χ3n) is 1.70. The number of ether oxygens (including phenoxy) is 1. The topological polar surface area (TPSA) is 38.3 Å². The summed E-state index contributed by atoms with van der Waals surface area (Å²) in [6, 6.07) is 7.58. The van der Waals surface area contributed by atoms with Crippen molar-refractivity contribution in [2.45, 2.75) is 25.3 Å². The summed E-state index contributed by atoms with van der Waals surface area (Å²) in [6.07, 6.45) is -0.525. The molecule has 15 heavy (non-hydrogen) atoms. The molecule has 0 aliphatic carbocycles. The molecule has 0 aliphatic rings. The Balaban J connectivity index is 2.53. The van der Waals surface area contributed by atoms with Gasteiger partial charge in [-0.25, -0.2) is 4.79 Å². The lowest BCUT2D eigenvalue weighted by Crippen LogP contribution is -2.17. The predicted molar refractivity (Wildman–Crippen MR) is 64.3 cm³/mol. The number of amides is 1. The van der Waals surface area contributed by atoms with Crippen molar-refractivity contribution in [1.82, 2.24) is 0 Å². The summed E-state index contributed by atoms with van der Waals surface area (Å²) < 4.78 is 4.95. The summed E-state index contributed by atoms with van der Waals surface area (Å²) in [6.45, 7) is 3.63. The molecule has 1 aromatic carbocycles. The molecule has 0 aromatic heterocycles. The first-order valence-electron chi connectivity index (χ1n) is 4.74. The zero-order chi connectivity index (χ0) is 11.3. The number of halogens is 1. The maximum absolute atomic E-state index is 11.2. The molecule has 0 heterocycles. The van der Waals surface area contributed by atoms with E-state index in [0.717, 1.165) is 16.6 Å². The Labute approximate surface area is 97.9 Å². The van der Waals surface area contributed by atoms with Crippen LogP contribution in [0.1, 0.15) is 19.4 Å². The first-order chi connectivity index (χ1) is 7.11. The van der Waals surface area contributed by atoms with Gasteiger partial charge in [0.2, 0.25) is 0 Å². The van der Waals surface area contributed by atoms with E-state index >= 15 is 0 Å². The van der Waals surface area contributed by atoms with Gasteiger partial charge in [0.25, 0.3) is 0 Å². The molecule has 0 radical (unpaired) electrons. The van der Waals surface area contributed by atoms with Crippen LogP contribution in [-0.4, -0.2) is 12.2 Å². The summed E-state index contributed by atoms with van der Waals surface area (Å²) in [5, 5.41) is 3.46. The largest absolute Gasteiger partial charge is 0.447 e. The molecular formula is C11H14BrNO2. The molecule has 0 bridgehead atoms. The van der Waals surface area contributed by atoms with Crippen molar-refractivity contribution in [3.8, 4) is 0 Å². The van der Waals surface area contributed by atoms with Crippen LogP contribution in [-0.2, 0) is 10.1 Å². The summed E-state index contributed by atoms with van der Waals surface area (Å²) in [5.41, 5.74) is 1.91. The Morgan fingerprint density at radius 1 is 1.40 bits per heavy atom. The molecule has 0 saturated heterocycles. The van der Waals surface area contributed by atoms with Gasteiger partial charge in [-0.15, -0.1) is 0 Å². The highest BCUT2D eigenvalue weighted by atomic mass is 79.9. The number of hydrogen-bond acceptors (Lipinski definition) is 2. The Hall–Kier alpha value is -1.03. The average Bonchev–Trinajstić information content (AvgIpc) is 2.17. The van der Waals surface area contributed by atoms with E-state index in [1.165, 1.54) is 0 Å². The van der Waals surface area contributed by atoms with E-state index < -0.39 is 6.09 Å². The number of carbonyl (C=O) groups is 1. The second-order valence-corrected chi connectivity index (χ2v) is 3.97. The molecule has 0 spiro atoms. The van der Waals surface area contributed by atoms with Gasteiger partial charge in [-0.1, -0.05) is 28.1 Å². The number of rotatable bonds is 3. The van der Waals surface area contributed by atoms with Gasteiger partial charge in [0.1, 0.15) is 0 Å². The standard InChI is InChI=1S/C11H14BrNO2/c1-8(2)15-11(14)13-10-5-3-9(7-12)4-6-10/h3-6,8H,7H2,1-2H3,(H,13,14). The molecule has 1 amide bonds. The number of carbonyl (C=O) groups excluding carboxylic acids is 1. The van der Waals surface area contributed by atoms with Gasteiger partial charge >= 0.3 is 6.09 Å². The molecule has 0 saturated carbocycles. The summed E-state index contributed by atoms with van der Waals surface area (Å²) in [4.78, 5) is 11.2. The highest BCUT2D eigenvalue weighted by Crippen LogP contribution is 2.12. The molecular weight excluding hydrogens is 258 g/mol. The second-order valence-electron chi connectivity index (χ2n) is 3.41. The minimum Gasteiger partial charge on any atom is -0.447 e. The molecule has 1 aromatic rings. The van der Waals surface area contributed by atoms with E-state index in [4.69, 9.17) is 4.74 Å². The summed E-state index contributed by atoms with van der Waals surface area (Å²) in [7, 11) is 0. The maximum Gasteiger partial charge on any atom is 0.411 e. The highest BCUT2D eigenvalue weighted by molar-refractivity contribution is 9.08. The first kappa shape index (κ1) is 12.0. The number of benzene rings is 1. The van der Waals surface area contributed by atoms with Crippen molar-refractivity contribution in [3.63, 3.8) is 0 Å². The van der Waals surface area contributed by atoms with Crippen LogP contribution in [0.3, 0.4) is 0 Å². The van der Waals surface area contributed by atoms with Crippen molar-refractivity contribution < 1.29 is 9.53 Å². The van der Waals surface area contributed by atoms with Crippen molar-refractivity contribution in [1.29, 1.82) is 0 Å². The van der Waals surface area contributed by atoms with E-state index in [2.05, 4.69) is 21.2 Å². The van der Waals surface area contributed by atoms with E-state index in [1.54, 1.807) is 0 Å². The summed E-state index contributed by atoms with van der Waals surface area (Å²) in [5.74, 6) is 0.